The molecular weight excluding hydrogens is 483 g/mol. The van der Waals surface area contributed by atoms with E-state index in [1.165, 1.54) is 11.0 Å². The van der Waals surface area contributed by atoms with E-state index < -0.39 is 35.0 Å². The maximum absolute atomic E-state index is 14.3. The van der Waals surface area contributed by atoms with Crippen LogP contribution in [0.3, 0.4) is 0 Å². The molecule has 0 aliphatic carbocycles. The fourth-order valence-corrected chi connectivity index (χ4v) is 4.02. The molecular formula is C28H26F3N3O3. The molecule has 0 saturated carbocycles. The summed E-state index contributed by atoms with van der Waals surface area (Å²) in [5.74, 6) is -5.74. The van der Waals surface area contributed by atoms with Crippen LogP contribution in [0.25, 0.3) is 10.9 Å². The first kappa shape index (κ1) is 25.8. The summed E-state index contributed by atoms with van der Waals surface area (Å²) in [6, 6.07) is 14.6. The third-order valence-corrected chi connectivity index (χ3v) is 6.13. The monoisotopic (exact) mass is 509 g/mol. The Morgan fingerprint density at radius 2 is 1.62 bits per heavy atom. The Hall–Kier alpha value is -4.27. The number of hydrogen-bond donors (Lipinski definition) is 1. The van der Waals surface area contributed by atoms with Crippen molar-refractivity contribution >= 4 is 28.6 Å². The van der Waals surface area contributed by atoms with Crippen LogP contribution in [-0.4, -0.2) is 34.6 Å². The first-order valence-electron chi connectivity index (χ1n) is 11.8. The lowest BCUT2D eigenvalue weighted by molar-refractivity contribution is 0.102. The van der Waals surface area contributed by atoms with Crippen molar-refractivity contribution in [3.63, 3.8) is 0 Å². The summed E-state index contributed by atoms with van der Waals surface area (Å²) in [5, 5.41) is 3.07. The molecule has 192 valence electrons. The highest BCUT2D eigenvalue weighted by atomic mass is 19.2. The van der Waals surface area contributed by atoms with Crippen molar-refractivity contribution in [2.45, 2.75) is 27.3 Å². The van der Waals surface area contributed by atoms with Crippen molar-refractivity contribution < 1.29 is 27.5 Å². The number of nitrogens with zero attached hydrogens (tertiary/aromatic N) is 2. The molecule has 2 amide bonds. The molecule has 1 aromatic heterocycles. The van der Waals surface area contributed by atoms with Gasteiger partial charge in [0, 0.05) is 31.2 Å². The van der Waals surface area contributed by atoms with E-state index in [9.17, 15) is 22.8 Å². The number of anilines is 1. The molecule has 1 heterocycles. The van der Waals surface area contributed by atoms with E-state index in [-0.39, 0.29) is 11.4 Å². The SMILES string of the molecule is CCN(CC)C(=O)Oc1ccc2c(ccn2Cc2ccc(C)cc2)c1NC(=O)c1ccc(F)c(F)c1F. The fourth-order valence-electron chi connectivity index (χ4n) is 4.02. The smallest absolute Gasteiger partial charge is 0.408 e. The molecule has 6 nitrogen and oxygen atoms in total. The van der Waals surface area contributed by atoms with Crippen molar-refractivity contribution in [1.82, 2.24) is 9.47 Å². The molecule has 0 saturated heterocycles. The van der Waals surface area contributed by atoms with E-state index in [1.54, 1.807) is 26.0 Å². The number of benzene rings is 3. The number of ether oxygens (including phenoxy) is 1. The number of aromatic nitrogens is 1. The van der Waals surface area contributed by atoms with Crippen LogP contribution in [0.2, 0.25) is 0 Å². The highest BCUT2D eigenvalue weighted by Gasteiger charge is 2.23. The number of nitrogens with one attached hydrogen (secondary N) is 1. The summed E-state index contributed by atoms with van der Waals surface area (Å²) >= 11 is 0. The summed E-state index contributed by atoms with van der Waals surface area (Å²) in [5.41, 5.74) is 2.32. The van der Waals surface area contributed by atoms with Crippen molar-refractivity contribution in [1.29, 1.82) is 0 Å². The van der Waals surface area contributed by atoms with Crippen molar-refractivity contribution in [2.24, 2.45) is 0 Å². The quantitative estimate of drug-likeness (QED) is 0.289. The van der Waals surface area contributed by atoms with Crippen LogP contribution in [0.15, 0.2) is 60.8 Å². The van der Waals surface area contributed by atoms with Gasteiger partial charge in [-0.1, -0.05) is 29.8 Å². The highest BCUT2D eigenvalue weighted by molar-refractivity contribution is 6.11. The summed E-state index contributed by atoms with van der Waals surface area (Å²) in [4.78, 5) is 27.1. The minimum Gasteiger partial charge on any atom is -0.408 e. The van der Waals surface area contributed by atoms with Gasteiger partial charge in [-0.25, -0.2) is 18.0 Å². The maximum atomic E-state index is 14.3. The third kappa shape index (κ3) is 5.30. The van der Waals surface area contributed by atoms with Crippen LogP contribution >= 0.6 is 0 Å². The lowest BCUT2D eigenvalue weighted by Crippen LogP contribution is -2.33. The summed E-state index contributed by atoms with van der Waals surface area (Å²) in [6.07, 6.45) is 1.19. The molecule has 3 aromatic carbocycles. The van der Waals surface area contributed by atoms with Crippen LogP contribution in [-0.2, 0) is 6.54 Å². The minimum atomic E-state index is -1.75. The lowest BCUT2D eigenvalue weighted by atomic mass is 10.1. The number of carbonyl (C=O) groups is 2. The summed E-state index contributed by atoms with van der Waals surface area (Å²) < 4.78 is 49.1. The fraction of sp³-hybridized carbons (Fsp3) is 0.214. The predicted octanol–water partition coefficient (Wildman–Crippen LogP) is 6.51. The van der Waals surface area contributed by atoms with Gasteiger partial charge in [0.05, 0.1) is 16.8 Å². The number of rotatable bonds is 7. The zero-order valence-electron chi connectivity index (χ0n) is 20.6. The van der Waals surface area contributed by atoms with Gasteiger partial charge in [-0.15, -0.1) is 0 Å². The standard InChI is InChI=1S/C28H26F3N3O3/c1-4-33(5-2)28(36)37-23-13-12-22-19(14-15-34(22)16-18-8-6-17(3)7-9-18)26(23)32-27(35)20-10-11-21(29)25(31)24(20)30/h6-15H,4-5,16H2,1-3H3,(H,32,35). The Labute approximate surface area is 212 Å². The van der Waals surface area contributed by atoms with Gasteiger partial charge in [0.25, 0.3) is 5.91 Å². The first-order chi connectivity index (χ1) is 17.7. The van der Waals surface area contributed by atoms with Gasteiger partial charge >= 0.3 is 6.09 Å². The Balaban J connectivity index is 1.76. The van der Waals surface area contributed by atoms with Crippen LogP contribution in [0.4, 0.5) is 23.7 Å². The molecule has 1 N–H and O–H groups in total. The van der Waals surface area contributed by atoms with Crippen LogP contribution in [0, 0.1) is 24.4 Å². The van der Waals surface area contributed by atoms with E-state index in [0.717, 1.165) is 17.2 Å². The molecule has 0 atom stereocenters. The van der Waals surface area contributed by atoms with Crippen molar-refractivity contribution in [3.05, 3.63) is 94.9 Å². The number of halogens is 3. The second-order valence-electron chi connectivity index (χ2n) is 8.52. The molecule has 0 bridgehead atoms. The van der Waals surface area contributed by atoms with Gasteiger partial charge in [-0.2, -0.15) is 0 Å². The zero-order valence-corrected chi connectivity index (χ0v) is 20.6. The van der Waals surface area contributed by atoms with Gasteiger partial charge in [0.15, 0.2) is 23.2 Å². The molecule has 4 rings (SSSR count). The van der Waals surface area contributed by atoms with Gasteiger partial charge in [-0.05, 0) is 56.7 Å². The van der Waals surface area contributed by atoms with Crippen LogP contribution < -0.4 is 10.1 Å². The number of amides is 2. The normalized spacial score (nSPS) is 11.0. The molecule has 0 spiro atoms. The molecule has 0 fully saturated rings. The van der Waals surface area contributed by atoms with E-state index in [0.29, 0.717) is 36.6 Å². The molecule has 9 heteroatoms. The average Bonchev–Trinajstić information content (AvgIpc) is 3.29. The van der Waals surface area contributed by atoms with E-state index in [2.05, 4.69) is 5.32 Å². The Kier molecular flexibility index (Phi) is 7.52. The number of carbonyl (C=O) groups excluding carboxylic acids is 2. The minimum absolute atomic E-state index is 0.0360. The molecule has 0 aliphatic heterocycles. The zero-order chi connectivity index (χ0) is 26.7. The van der Waals surface area contributed by atoms with Gasteiger partial charge in [0.1, 0.15) is 0 Å². The molecule has 0 radical (unpaired) electrons. The van der Waals surface area contributed by atoms with Crippen molar-refractivity contribution in [2.75, 3.05) is 18.4 Å². The highest BCUT2D eigenvalue weighted by Crippen LogP contribution is 2.35. The lowest BCUT2D eigenvalue weighted by Gasteiger charge is -2.20. The molecule has 4 aromatic rings. The maximum Gasteiger partial charge on any atom is 0.415 e. The Morgan fingerprint density at radius 3 is 2.30 bits per heavy atom. The summed E-state index contributed by atoms with van der Waals surface area (Å²) in [7, 11) is 0. The third-order valence-electron chi connectivity index (χ3n) is 6.13. The van der Waals surface area contributed by atoms with Crippen molar-refractivity contribution in [3.8, 4) is 5.75 Å². The predicted molar refractivity (Wildman–Crippen MR) is 135 cm³/mol. The Bertz CT molecular complexity index is 1460. The van der Waals surface area contributed by atoms with Gasteiger partial charge in [0.2, 0.25) is 0 Å². The summed E-state index contributed by atoms with van der Waals surface area (Å²) in [6.45, 7) is 6.95. The average molecular weight is 510 g/mol. The van der Waals surface area contributed by atoms with Crippen LogP contribution in [0.5, 0.6) is 5.75 Å². The number of hydrogen-bond acceptors (Lipinski definition) is 3. The molecule has 0 unspecified atom stereocenters. The largest absolute Gasteiger partial charge is 0.415 e. The molecule has 0 aliphatic rings. The van der Waals surface area contributed by atoms with E-state index in [4.69, 9.17) is 4.74 Å². The van der Waals surface area contributed by atoms with Crippen LogP contribution in [0.1, 0.15) is 35.3 Å². The van der Waals surface area contributed by atoms with E-state index in [1.807, 2.05) is 42.0 Å². The molecule has 37 heavy (non-hydrogen) atoms. The van der Waals surface area contributed by atoms with Gasteiger partial charge < -0.3 is 19.5 Å². The number of fused-ring (bicyclic) bond motifs is 1. The second kappa shape index (κ2) is 10.8. The Morgan fingerprint density at radius 1 is 0.919 bits per heavy atom. The number of aryl methyl sites for hydroxylation is 1. The van der Waals surface area contributed by atoms with E-state index >= 15 is 0 Å². The van der Waals surface area contributed by atoms with Gasteiger partial charge in [-0.3, -0.25) is 4.79 Å². The first-order valence-corrected chi connectivity index (χ1v) is 11.8. The topological polar surface area (TPSA) is 63.6 Å². The second-order valence-corrected chi connectivity index (χ2v) is 8.52.